The number of allylic oxidation sites excluding steroid dienone is 1. The lowest BCUT2D eigenvalue weighted by Crippen LogP contribution is -2.49. The van der Waals surface area contributed by atoms with Gasteiger partial charge in [0.15, 0.2) is 6.61 Å². The molecule has 0 radical (unpaired) electrons. The molecule has 0 unspecified atom stereocenters. The van der Waals surface area contributed by atoms with E-state index < -0.39 is 40.2 Å². The summed E-state index contributed by atoms with van der Waals surface area (Å²) >= 11 is 0. The molecule has 8 nitrogen and oxygen atoms in total. The Morgan fingerprint density at radius 2 is 1.58 bits per heavy atom. The van der Waals surface area contributed by atoms with Crippen LogP contribution in [-0.2, 0) is 26.2 Å². The van der Waals surface area contributed by atoms with E-state index in [2.05, 4.69) is 16.1 Å². The predicted molar refractivity (Wildman–Crippen MR) is 160 cm³/mol. The van der Waals surface area contributed by atoms with Crippen molar-refractivity contribution in [2.45, 2.75) is 56.5 Å². The Hall–Kier alpha value is -4.25. The smallest absolute Gasteiger partial charge is 0.261 e. The van der Waals surface area contributed by atoms with Gasteiger partial charge in [-0.05, 0) is 105 Å². The number of sulfonamides is 1. The molecule has 0 spiro atoms. The molecule has 0 saturated carbocycles. The minimum atomic E-state index is -3.94. The quantitative estimate of drug-likeness (QED) is 0.246. The Morgan fingerprint density at radius 3 is 2.21 bits per heavy atom. The van der Waals surface area contributed by atoms with E-state index in [1.807, 2.05) is 0 Å². The zero-order valence-corrected chi connectivity index (χ0v) is 24.7. The summed E-state index contributed by atoms with van der Waals surface area (Å²) in [6.07, 6.45) is 7.43. The molecule has 1 atom stereocenters. The minimum absolute atomic E-state index is 0.0530. The Labute approximate surface area is 250 Å². The lowest BCUT2D eigenvalue weighted by molar-refractivity contribution is -0.142. The summed E-state index contributed by atoms with van der Waals surface area (Å²) in [7, 11) is -3.94. The normalized spacial score (nSPS) is 13.9. The van der Waals surface area contributed by atoms with Gasteiger partial charge in [-0.15, -0.1) is 0 Å². The van der Waals surface area contributed by atoms with E-state index in [-0.39, 0.29) is 28.8 Å². The molecular weight excluding hydrogens is 576 g/mol. The topological polar surface area (TPSA) is 105 Å². The maximum Gasteiger partial charge on any atom is 0.261 e. The van der Waals surface area contributed by atoms with Gasteiger partial charge >= 0.3 is 0 Å². The molecule has 0 saturated heterocycles. The molecule has 43 heavy (non-hydrogen) atoms. The van der Waals surface area contributed by atoms with Crippen molar-refractivity contribution in [1.29, 1.82) is 0 Å². The molecule has 2 amide bonds. The highest BCUT2D eigenvalue weighted by Gasteiger charge is 2.26. The first kappa shape index (κ1) is 31.7. The van der Waals surface area contributed by atoms with Gasteiger partial charge in [-0.1, -0.05) is 23.8 Å². The number of carbonyl (C=O) groups is 2. The first-order valence-corrected chi connectivity index (χ1v) is 15.6. The van der Waals surface area contributed by atoms with Crippen LogP contribution in [0.4, 0.5) is 14.5 Å². The second-order valence-electron chi connectivity index (χ2n) is 10.3. The van der Waals surface area contributed by atoms with Crippen LogP contribution in [0.3, 0.4) is 0 Å². The summed E-state index contributed by atoms with van der Waals surface area (Å²) in [5.74, 6) is -1.44. The van der Waals surface area contributed by atoms with Crippen molar-refractivity contribution in [3.8, 4) is 5.75 Å². The Kier molecular flexibility index (Phi) is 10.9. The second-order valence-corrected chi connectivity index (χ2v) is 12.0. The number of carbonyl (C=O) groups excluding carboxylic acids is 2. The third-order valence-electron chi connectivity index (χ3n) is 7.16. The summed E-state index contributed by atoms with van der Waals surface area (Å²) in [5.41, 5.74) is 2.18. The van der Waals surface area contributed by atoms with Gasteiger partial charge in [-0.2, -0.15) is 0 Å². The molecule has 1 aliphatic carbocycles. The van der Waals surface area contributed by atoms with Crippen LogP contribution >= 0.6 is 0 Å². The summed E-state index contributed by atoms with van der Waals surface area (Å²) in [6.45, 7) is 1.75. The van der Waals surface area contributed by atoms with Gasteiger partial charge in [0.1, 0.15) is 23.4 Å². The molecule has 228 valence electrons. The summed E-state index contributed by atoms with van der Waals surface area (Å²) in [5, 5.41) is 2.92. The molecule has 2 N–H and O–H groups in total. The van der Waals surface area contributed by atoms with Gasteiger partial charge < -0.3 is 15.0 Å². The van der Waals surface area contributed by atoms with Gasteiger partial charge in [0, 0.05) is 18.8 Å². The maximum atomic E-state index is 13.5. The van der Waals surface area contributed by atoms with E-state index >= 15 is 0 Å². The van der Waals surface area contributed by atoms with Crippen LogP contribution in [0, 0.1) is 11.6 Å². The highest BCUT2D eigenvalue weighted by Crippen LogP contribution is 2.21. The zero-order valence-electron chi connectivity index (χ0n) is 23.9. The fourth-order valence-electron chi connectivity index (χ4n) is 4.67. The lowest BCUT2D eigenvalue weighted by Gasteiger charge is -2.29. The molecule has 0 fully saturated rings. The molecule has 4 rings (SSSR count). The number of amides is 2. The zero-order chi connectivity index (χ0) is 30.8. The van der Waals surface area contributed by atoms with Gasteiger partial charge in [0.2, 0.25) is 5.91 Å². The third-order valence-corrected chi connectivity index (χ3v) is 8.55. The SMILES string of the molecule is C[C@@H](C(=O)NCCC1=CCCCC1)N(Cc1ccc(F)cc1)C(=O)COc1ccc(S(=O)(=O)Nc2ccc(F)cc2)cc1. The number of hydrogen-bond acceptors (Lipinski definition) is 5. The molecule has 0 heterocycles. The van der Waals surface area contributed by atoms with Crippen molar-refractivity contribution < 1.29 is 31.5 Å². The largest absolute Gasteiger partial charge is 0.484 e. The van der Waals surface area contributed by atoms with Crippen molar-refractivity contribution >= 4 is 27.5 Å². The number of halogens is 2. The highest BCUT2D eigenvalue weighted by atomic mass is 32.2. The average molecular weight is 612 g/mol. The van der Waals surface area contributed by atoms with Gasteiger partial charge in [-0.25, -0.2) is 17.2 Å². The van der Waals surface area contributed by atoms with Crippen LogP contribution in [0.2, 0.25) is 0 Å². The number of ether oxygens (including phenoxy) is 1. The minimum Gasteiger partial charge on any atom is -0.484 e. The fourth-order valence-corrected chi connectivity index (χ4v) is 5.73. The van der Waals surface area contributed by atoms with E-state index in [0.717, 1.165) is 37.8 Å². The summed E-state index contributed by atoms with van der Waals surface area (Å²) in [6, 6.07) is 15.2. The van der Waals surface area contributed by atoms with E-state index in [4.69, 9.17) is 4.74 Å². The average Bonchev–Trinajstić information content (AvgIpc) is 3.01. The van der Waals surface area contributed by atoms with Crippen molar-refractivity contribution in [1.82, 2.24) is 10.2 Å². The molecule has 3 aromatic rings. The number of nitrogens with zero attached hydrogens (tertiary/aromatic N) is 1. The van der Waals surface area contributed by atoms with E-state index in [1.54, 1.807) is 19.1 Å². The molecule has 1 aliphatic rings. The summed E-state index contributed by atoms with van der Waals surface area (Å²) < 4.78 is 60.0. The first-order valence-electron chi connectivity index (χ1n) is 14.1. The Bertz CT molecular complexity index is 1530. The van der Waals surface area contributed by atoms with E-state index in [1.165, 1.54) is 65.4 Å². The van der Waals surface area contributed by atoms with Crippen LogP contribution in [0.15, 0.2) is 89.3 Å². The van der Waals surface area contributed by atoms with E-state index in [0.29, 0.717) is 12.1 Å². The highest BCUT2D eigenvalue weighted by molar-refractivity contribution is 7.92. The predicted octanol–water partition coefficient (Wildman–Crippen LogP) is 5.57. The molecule has 0 aliphatic heterocycles. The van der Waals surface area contributed by atoms with Crippen molar-refractivity contribution in [2.24, 2.45) is 0 Å². The van der Waals surface area contributed by atoms with E-state index in [9.17, 15) is 26.8 Å². The molecule has 0 aromatic heterocycles. The molecule has 0 bridgehead atoms. The van der Waals surface area contributed by atoms with Crippen LogP contribution in [0.1, 0.15) is 44.6 Å². The molecule has 3 aromatic carbocycles. The molecule has 11 heteroatoms. The van der Waals surface area contributed by atoms with Crippen LogP contribution in [-0.4, -0.2) is 44.3 Å². The first-order chi connectivity index (χ1) is 20.6. The van der Waals surface area contributed by atoms with Crippen molar-refractivity contribution in [3.63, 3.8) is 0 Å². The standard InChI is InChI=1S/C32H35F2N3O5S/c1-23(32(39)35-20-19-24-5-3-2-4-6-24)37(21-25-7-9-26(33)10-8-25)31(38)22-42-29-15-17-30(18-16-29)43(40,41)36-28-13-11-27(34)12-14-28/h5,7-18,23,36H,2-4,6,19-22H2,1H3,(H,35,39)/t23-/m0/s1. The maximum absolute atomic E-state index is 13.5. The number of rotatable bonds is 13. The number of anilines is 1. The van der Waals surface area contributed by atoms with Crippen molar-refractivity contribution in [2.75, 3.05) is 17.9 Å². The number of nitrogens with one attached hydrogen (secondary N) is 2. The monoisotopic (exact) mass is 611 g/mol. The van der Waals surface area contributed by atoms with Crippen LogP contribution < -0.4 is 14.8 Å². The Balaban J connectivity index is 1.38. The number of benzene rings is 3. The van der Waals surface area contributed by atoms with Gasteiger partial charge in [-0.3, -0.25) is 14.3 Å². The number of hydrogen-bond donors (Lipinski definition) is 2. The fraction of sp³-hybridized carbons (Fsp3) is 0.312. The van der Waals surface area contributed by atoms with Crippen molar-refractivity contribution in [3.05, 3.63) is 102 Å². The van der Waals surface area contributed by atoms with Crippen LogP contribution in [0.25, 0.3) is 0 Å². The lowest BCUT2D eigenvalue weighted by atomic mass is 9.97. The summed E-state index contributed by atoms with van der Waals surface area (Å²) in [4.78, 5) is 27.7. The molecular formula is C32H35F2N3O5S. The van der Waals surface area contributed by atoms with Gasteiger partial charge in [0.25, 0.3) is 15.9 Å². The third kappa shape index (κ3) is 9.37. The second kappa shape index (κ2) is 14.8. The Morgan fingerprint density at radius 1 is 0.930 bits per heavy atom. The van der Waals surface area contributed by atoms with Gasteiger partial charge in [0.05, 0.1) is 4.90 Å². The van der Waals surface area contributed by atoms with Crippen LogP contribution in [0.5, 0.6) is 5.75 Å².